The first-order valence-electron chi connectivity index (χ1n) is 12.5. The van der Waals surface area contributed by atoms with Crippen molar-refractivity contribution in [1.82, 2.24) is 0 Å². The van der Waals surface area contributed by atoms with Gasteiger partial charge in [0, 0.05) is 0 Å². The van der Waals surface area contributed by atoms with Crippen molar-refractivity contribution in [3.8, 4) is 22.3 Å². The smallest absolute Gasteiger partial charge is 1.00 e. The van der Waals surface area contributed by atoms with E-state index in [0.29, 0.717) is 0 Å². The maximum Gasteiger partial charge on any atom is 4.00 e. The number of hydrogen-bond donors (Lipinski definition) is 0. The van der Waals surface area contributed by atoms with E-state index in [1.165, 1.54) is 66.1 Å². The van der Waals surface area contributed by atoms with Gasteiger partial charge in [-0.15, -0.1) is 80.2 Å². The van der Waals surface area contributed by atoms with Crippen molar-refractivity contribution in [1.29, 1.82) is 0 Å². The van der Waals surface area contributed by atoms with Gasteiger partial charge in [0.1, 0.15) is 0 Å². The van der Waals surface area contributed by atoms with E-state index in [1.54, 1.807) is 0 Å². The molecule has 0 aromatic heterocycles. The van der Waals surface area contributed by atoms with Crippen LogP contribution in [0.5, 0.6) is 0 Å². The minimum atomic E-state index is -0.173. The first kappa shape index (κ1) is 29.9. The van der Waals surface area contributed by atoms with Gasteiger partial charge in [-0.1, -0.05) is 117 Å². The summed E-state index contributed by atoms with van der Waals surface area (Å²) in [4.78, 5) is 0. The van der Waals surface area contributed by atoms with E-state index in [4.69, 9.17) is 0 Å². The summed E-state index contributed by atoms with van der Waals surface area (Å²) in [5, 5.41) is 5.41. The molecule has 6 aromatic carbocycles. The summed E-state index contributed by atoms with van der Waals surface area (Å²) < 4.78 is 0. The number of benzene rings is 4. The summed E-state index contributed by atoms with van der Waals surface area (Å²) in [6.45, 7) is 9.40. The SMILES string of the molecule is Cc1[cH-]c2cccc(-c3ccccc3)c2c1C(C)(C)c1c(C)[cH-]c2cccc(-c3ccccc3)c12.[Cl-].[Cl-].[Ti+4]. The molecule has 0 aliphatic heterocycles. The van der Waals surface area contributed by atoms with Crippen LogP contribution in [-0.4, -0.2) is 0 Å². The Morgan fingerprint density at radius 2 is 0.868 bits per heavy atom. The first-order chi connectivity index (χ1) is 17.0. The fraction of sp³-hybridized carbons (Fsp3) is 0.143. The minimum absolute atomic E-state index is 0. The van der Waals surface area contributed by atoms with Crippen LogP contribution < -0.4 is 24.8 Å². The molecule has 188 valence electrons. The molecule has 0 spiro atoms. The molecule has 0 unspecified atom stereocenters. The molecule has 0 atom stereocenters. The number of rotatable bonds is 4. The second-order valence-corrected chi connectivity index (χ2v) is 10.3. The Bertz CT molecular complexity index is 1550. The number of hydrogen-bond acceptors (Lipinski definition) is 0. The molecule has 0 N–H and O–H groups in total. The van der Waals surface area contributed by atoms with Crippen molar-refractivity contribution in [2.75, 3.05) is 0 Å². The average molecular weight is 569 g/mol. The summed E-state index contributed by atoms with van der Waals surface area (Å²) in [5.41, 5.74) is 10.6. The molecule has 3 heteroatoms. The molecule has 6 aromatic rings. The van der Waals surface area contributed by atoms with Gasteiger partial charge in [-0.25, -0.2) is 0 Å². The molecule has 38 heavy (non-hydrogen) atoms. The van der Waals surface area contributed by atoms with Crippen molar-refractivity contribution < 1.29 is 46.5 Å². The van der Waals surface area contributed by atoms with Crippen LogP contribution in [0.2, 0.25) is 0 Å². The molecule has 6 rings (SSSR count). The summed E-state index contributed by atoms with van der Waals surface area (Å²) >= 11 is 0. The van der Waals surface area contributed by atoms with Crippen LogP contribution in [0, 0.1) is 13.8 Å². The predicted molar refractivity (Wildman–Crippen MR) is 152 cm³/mol. The van der Waals surface area contributed by atoms with E-state index in [-0.39, 0.29) is 51.9 Å². The largest absolute Gasteiger partial charge is 4.00 e. The van der Waals surface area contributed by atoms with Crippen molar-refractivity contribution in [3.05, 3.63) is 131 Å². The van der Waals surface area contributed by atoms with Gasteiger partial charge in [-0.05, 0) is 11.1 Å². The summed E-state index contributed by atoms with van der Waals surface area (Å²) in [7, 11) is 0. The fourth-order valence-electron chi connectivity index (χ4n) is 6.40. The number of fused-ring (bicyclic) bond motifs is 2. The first-order valence-corrected chi connectivity index (χ1v) is 12.5. The Labute approximate surface area is 253 Å². The average Bonchev–Trinajstić information content (AvgIpc) is 3.41. The minimum Gasteiger partial charge on any atom is -1.00 e. The van der Waals surface area contributed by atoms with Crippen LogP contribution in [0.25, 0.3) is 43.8 Å². The molecule has 0 aliphatic rings. The van der Waals surface area contributed by atoms with Gasteiger partial charge in [0.2, 0.25) is 0 Å². The molecular weight excluding hydrogens is 539 g/mol. The maximum absolute atomic E-state index is 2.42. The van der Waals surface area contributed by atoms with Gasteiger partial charge < -0.3 is 24.8 Å². The zero-order valence-corrected chi connectivity index (χ0v) is 25.2. The number of halogens is 2. The summed E-state index contributed by atoms with van der Waals surface area (Å²) in [5.74, 6) is 0. The number of aryl methyl sites for hydroxylation is 2. The third kappa shape index (κ3) is 4.81. The van der Waals surface area contributed by atoms with Gasteiger partial charge in [-0.3, -0.25) is 0 Å². The second kappa shape index (κ2) is 11.6. The summed E-state index contributed by atoms with van der Waals surface area (Å²) in [6, 6.07) is 39.8. The van der Waals surface area contributed by atoms with E-state index >= 15 is 0 Å². The Balaban J connectivity index is 0.00000133. The zero-order chi connectivity index (χ0) is 24.2. The van der Waals surface area contributed by atoms with Gasteiger partial charge in [-0.2, -0.15) is 0 Å². The predicted octanol–water partition coefficient (Wildman–Crippen LogP) is 3.71. The Morgan fingerprint density at radius 3 is 1.24 bits per heavy atom. The van der Waals surface area contributed by atoms with Gasteiger partial charge in [0.25, 0.3) is 0 Å². The third-order valence-corrected chi connectivity index (χ3v) is 7.65. The van der Waals surface area contributed by atoms with Gasteiger partial charge in [0.15, 0.2) is 0 Å². The molecular formula is C35H30Cl2Ti. The van der Waals surface area contributed by atoms with E-state index in [0.717, 1.165) is 0 Å². The third-order valence-electron chi connectivity index (χ3n) is 7.65. The van der Waals surface area contributed by atoms with Crippen molar-refractivity contribution >= 4 is 21.5 Å². The Hall–Kier alpha value is -2.61. The standard InChI is InChI=1S/C35H30.2ClH.Ti/c1-23-21-27-17-11-19-29(25-13-7-5-8-14-25)31(27)33(23)35(3,4)34-24(2)22-28-18-12-20-30(32(28)34)26-15-9-6-10-16-26;;;/h5-22H,1-4H3;2*1H;/q-2;;;+4/p-2. The van der Waals surface area contributed by atoms with Crippen LogP contribution >= 0.6 is 0 Å². The fourth-order valence-corrected chi connectivity index (χ4v) is 6.40. The van der Waals surface area contributed by atoms with Crippen molar-refractivity contribution in [3.63, 3.8) is 0 Å². The Morgan fingerprint density at radius 1 is 0.500 bits per heavy atom. The van der Waals surface area contributed by atoms with Crippen LogP contribution in [-0.2, 0) is 27.1 Å². The van der Waals surface area contributed by atoms with Crippen LogP contribution in [0.4, 0.5) is 0 Å². The zero-order valence-electron chi connectivity index (χ0n) is 22.1. The molecule has 0 heterocycles. The molecule has 0 amide bonds. The normalized spacial score (nSPS) is 11.1. The molecule has 0 saturated heterocycles. The van der Waals surface area contributed by atoms with Crippen LogP contribution in [0.15, 0.2) is 109 Å². The van der Waals surface area contributed by atoms with E-state index < -0.39 is 0 Å². The molecule has 0 saturated carbocycles. The van der Waals surface area contributed by atoms with Crippen molar-refractivity contribution in [2.45, 2.75) is 33.1 Å². The monoisotopic (exact) mass is 568 g/mol. The molecule has 0 nitrogen and oxygen atoms in total. The molecule has 0 fully saturated rings. The van der Waals surface area contributed by atoms with Crippen LogP contribution in [0.3, 0.4) is 0 Å². The maximum atomic E-state index is 2.42. The van der Waals surface area contributed by atoms with Gasteiger partial charge in [0.05, 0.1) is 0 Å². The second-order valence-electron chi connectivity index (χ2n) is 10.3. The van der Waals surface area contributed by atoms with E-state index in [2.05, 4.69) is 137 Å². The van der Waals surface area contributed by atoms with Crippen molar-refractivity contribution in [2.24, 2.45) is 0 Å². The van der Waals surface area contributed by atoms with E-state index in [1.807, 2.05) is 0 Å². The van der Waals surface area contributed by atoms with Crippen LogP contribution in [0.1, 0.15) is 36.1 Å². The quantitative estimate of drug-likeness (QED) is 0.225. The molecule has 0 radical (unpaired) electrons. The summed E-state index contributed by atoms with van der Waals surface area (Å²) in [6.07, 6.45) is 0. The molecule has 0 bridgehead atoms. The Kier molecular flexibility index (Phi) is 9.17. The van der Waals surface area contributed by atoms with E-state index in [9.17, 15) is 0 Å². The molecule has 0 aliphatic carbocycles. The van der Waals surface area contributed by atoms with Gasteiger partial charge >= 0.3 is 21.7 Å². The topological polar surface area (TPSA) is 0 Å².